The fraction of sp³-hybridized carbons (Fsp3) is 0.636. The van der Waals surface area contributed by atoms with E-state index in [1.165, 1.54) is 0 Å². The minimum atomic E-state index is -0.381. The van der Waals surface area contributed by atoms with Crippen LogP contribution >= 0.6 is 0 Å². The summed E-state index contributed by atoms with van der Waals surface area (Å²) in [5.41, 5.74) is 6.66. The maximum atomic E-state index is 11.5. The molecule has 5 heteroatoms. The number of amides is 1. The zero-order valence-corrected chi connectivity index (χ0v) is 9.94. The number of rotatable bonds is 6. The molecule has 0 saturated heterocycles. The Morgan fingerprint density at radius 1 is 1.69 bits per heavy atom. The Hall–Kier alpha value is -1.36. The Morgan fingerprint density at radius 2 is 2.44 bits per heavy atom. The molecule has 0 aromatic carbocycles. The van der Waals surface area contributed by atoms with E-state index in [9.17, 15) is 4.79 Å². The van der Waals surface area contributed by atoms with Crippen LogP contribution in [-0.2, 0) is 18.3 Å². The second-order valence-electron chi connectivity index (χ2n) is 3.92. The number of aryl methyl sites for hydroxylation is 1. The predicted octanol–water partition coefficient (Wildman–Crippen LogP) is 0.206. The van der Waals surface area contributed by atoms with Gasteiger partial charge in [0.1, 0.15) is 0 Å². The lowest BCUT2D eigenvalue weighted by atomic mass is 10.1. The summed E-state index contributed by atoms with van der Waals surface area (Å²) in [5.74, 6) is -0.0715. The van der Waals surface area contributed by atoms with Crippen LogP contribution in [0.4, 0.5) is 0 Å². The summed E-state index contributed by atoms with van der Waals surface area (Å²) in [6.45, 7) is 2.61. The van der Waals surface area contributed by atoms with Crippen molar-refractivity contribution in [3.05, 3.63) is 18.0 Å². The van der Waals surface area contributed by atoms with Crippen molar-refractivity contribution in [2.24, 2.45) is 12.8 Å². The molecule has 90 valence electrons. The molecule has 0 saturated carbocycles. The van der Waals surface area contributed by atoms with Crippen molar-refractivity contribution in [3.8, 4) is 0 Å². The lowest BCUT2D eigenvalue weighted by Crippen LogP contribution is -2.41. The highest BCUT2D eigenvalue weighted by Crippen LogP contribution is 1.95. The summed E-state index contributed by atoms with van der Waals surface area (Å²) in [6.07, 6.45) is 4.29. The SMILES string of the molecule is CCCC(N)C(=O)NCCc1ccn(C)n1. The lowest BCUT2D eigenvalue weighted by molar-refractivity contribution is -0.122. The van der Waals surface area contributed by atoms with Crippen molar-refractivity contribution in [1.29, 1.82) is 0 Å². The van der Waals surface area contributed by atoms with Gasteiger partial charge in [-0.25, -0.2) is 0 Å². The van der Waals surface area contributed by atoms with Crippen molar-refractivity contribution in [3.63, 3.8) is 0 Å². The van der Waals surface area contributed by atoms with Crippen LogP contribution in [0.2, 0.25) is 0 Å². The van der Waals surface area contributed by atoms with Gasteiger partial charge in [0, 0.05) is 26.2 Å². The summed E-state index contributed by atoms with van der Waals surface area (Å²) in [4.78, 5) is 11.5. The van der Waals surface area contributed by atoms with Crippen LogP contribution in [0.15, 0.2) is 12.3 Å². The number of carbonyl (C=O) groups is 1. The van der Waals surface area contributed by atoms with Gasteiger partial charge in [0.05, 0.1) is 11.7 Å². The molecule has 1 rings (SSSR count). The normalized spacial score (nSPS) is 12.4. The fourth-order valence-corrected chi connectivity index (χ4v) is 1.48. The first kappa shape index (κ1) is 12.7. The van der Waals surface area contributed by atoms with Crippen LogP contribution in [0.1, 0.15) is 25.5 Å². The monoisotopic (exact) mass is 224 g/mol. The second-order valence-corrected chi connectivity index (χ2v) is 3.92. The molecule has 1 aromatic heterocycles. The van der Waals surface area contributed by atoms with Crippen LogP contribution in [0.5, 0.6) is 0 Å². The zero-order chi connectivity index (χ0) is 12.0. The topological polar surface area (TPSA) is 72.9 Å². The maximum Gasteiger partial charge on any atom is 0.236 e. The van der Waals surface area contributed by atoms with Gasteiger partial charge in [-0.15, -0.1) is 0 Å². The van der Waals surface area contributed by atoms with Crippen LogP contribution in [0.25, 0.3) is 0 Å². The minimum absolute atomic E-state index is 0.0715. The molecule has 0 radical (unpaired) electrons. The van der Waals surface area contributed by atoms with E-state index in [-0.39, 0.29) is 11.9 Å². The molecule has 0 aliphatic carbocycles. The molecule has 1 unspecified atom stereocenters. The molecule has 0 aliphatic rings. The van der Waals surface area contributed by atoms with E-state index in [2.05, 4.69) is 10.4 Å². The summed E-state index contributed by atoms with van der Waals surface area (Å²) < 4.78 is 1.75. The maximum absolute atomic E-state index is 11.5. The van der Waals surface area contributed by atoms with Gasteiger partial charge in [-0.3, -0.25) is 9.48 Å². The summed E-state index contributed by atoms with van der Waals surface area (Å²) in [7, 11) is 1.87. The highest BCUT2D eigenvalue weighted by molar-refractivity contribution is 5.81. The highest BCUT2D eigenvalue weighted by Gasteiger charge is 2.11. The van der Waals surface area contributed by atoms with Crippen molar-refractivity contribution < 1.29 is 4.79 Å². The zero-order valence-electron chi connectivity index (χ0n) is 9.94. The van der Waals surface area contributed by atoms with Crippen molar-refractivity contribution >= 4 is 5.91 Å². The third-order valence-electron chi connectivity index (χ3n) is 2.39. The fourth-order valence-electron chi connectivity index (χ4n) is 1.48. The van der Waals surface area contributed by atoms with E-state index in [1.807, 2.05) is 26.2 Å². The smallest absolute Gasteiger partial charge is 0.236 e. The Morgan fingerprint density at radius 3 is 3.00 bits per heavy atom. The molecule has 0 fully saturated rings. The molecule has 0 aliphatic heterocycles. The van der Waals surface area contributed by atoms with Gasteiger partial charge in [-0.2, -0.15) is 5.10 Å². The molecule has 3 N–H and O–H groups in total. The third-order valence-corrected chi connectivity index (χ3v) is 2.39. The quantitative estimate of drug-likeness (QED) is 0.725. The predicted molar refractivity (Wildman–Crippen MR) is 62.8 cm³/mol. The number of nitrogens with one attached hydrogen (secondary N) is 1. The lowest BCUT2D eigenvalue weighted by Gasteiger charge is -2.10. The summed E-state index contributed by atoms with van der Waals surface area (Å²) >= 11 is 0. The van der Waals surface area contributed by atoms with Crippen LogP contribution in [-0.4, -0.2) is 28.3 Å². The Labute approximate surface area is 96.0 Å². The van der Waals surface area contributed by atoms with Crippen molar-refractivity contribution in [2.45, 2.75) is 32.2 Å². The molecular weight excluding hydrogens is 204 g/mol. The van der Waals surface area contributed by atoms with E-state index in [0.717, 1.165) is 25.0 Å². The van der Waals surface area contributed by atoms with E-state index in [0.29, 0.717) is 6.54 Å². The largest absolute Gasteiger partial charge is 0.354 e. The van der Waals surface area contributed by atoms with Gasteiger partial charge in [0.25, 0.3) is 0 Å². The molecule has 0 bridgehead atoms. The number of hydrogen-bond acceptors (Lipinski definition) is 3. The van der Waals surface area contributed by atoms with E-state index in [4.69, 9.17) is 5.73 Å². The van der Waals surface area contributed by atoms with Gasteiger partial charge in [-0.1, -0.05) is 13.3 Å². The second kappa shape index (κ2) is 6.27. The number of carbonyl (C=O) groups excluding carboxylic acids is 1. The van der Waals surface area contributed by atoms with Gasteiger partial charge >= 0.3 is 0 Å². The number of nitrogens with zero attached hydrogens (tertiary/aromatic N) is 2. The molecule has 16 heavy (non-hydrogen) atoms. The molecule has 5 nitrogen and oxygen atoms in total. The standard InChI is InChI=1S/C11H20N4O/c1-3-4-10(12)11(16)13-7-5-9-6-8-15(2)14-9/h6,8,10H,3-5,7,12H2,1-2H3,(H,13,16). The number of aromatic nitrogens is 2. The first-order valence-electron chi connectivity index (χ1n) is 5.65. The molecule has 1 heterocycles. The average Bonchev–Trinajstić information content (AvgIpc) is 2.64. The number of nitrogens with two attached hydrogens (primary N) is 1. The highest BCUT2D eigenvalue weighted by atomic mass is 16.2. The van der Waals surface area contributed by atoms with Gasteiger partial charge in [-0.05, 0) is 12.5 Å². The first-order chi connectivity index (χ1) is 7.63. The van der Waals surface area contributed by atoms with E-state index < -0.39 is 0 Å². The summed E-state index contributed by atoms with van der Waals surface area (Å²) in [6, 6.07) is 1.56. The molecule has 0 spiro atoms. The Bertz CT molecular complexity index is 334. The van der Waals surface area contributed by atoms with Crippen LogP contribution < -0.4 is 11.1 Å². The minimum Gasteiger partial charge on any atom is -0.354 e. The summed E-state index contributed by atoms with van der Waals surface area (Å²) in [5, 5.41) is 7.03. The van der Waals surface area contributed by atoms with Crippen molar-refractivity contribution in [2.75, 3.05) is 6.54 Å². The van der Waals surface area contributed by atoms with Crippen LogP contribution in [0, 0.1) is 0 Å². The molecule has 1 atom stereocenters. The third kappa shape index (κ3) is 4.02. The molecular formula is C11H20N4O. The van der Waals surface area contributed by atoms with E-state index in [1.54, 1.807) is 4.68 Å². The number of hydrogen-bond donors (Lipinski definition) is 2. The van der Waals surface area contributed by atoms with Crippen molar-refractivity contribution in [1.82, 2.24) is 15.1 Å². The van der Waals surface area contributed by atoms with Gasteiger partial charge in [0.15, 0.2) is 0 Å². The van der Waals surface area contributed by atoms with Gasteiger partial charge in [0.2, 0.25) is 5.91 Å². The van der Waals surface area contributed by atoms with Crippen LogP contribution in [0.3, 0.4) is 0 Å². The Balaban J connectivity index is 2.22. The van der Waals surface area contributed by atoms with Gasteiger partial charge < -0.3 is 11.1 Å². The van der Waals surface area contributed by atoms with E-state index >= 15 is 0 Å². The Kier molecular flexibility index (Phi) is 4.98. The molecule has 1 aromatic rings. The average molecular weight is 224 g/mol. The first-order valence-corrected chi connectivity index (χ1v) is 5.65. The molecule has 1 amide bonds.